The number of halogens is 1. The van der Waals surface area contributed by atoms with Gasteiger partial charge in [-0.2, -0.15) is 4.31 Å². The van der Waals surface area contributed by atoms with Crippen LogP contribution in [-0.4, -0.2) is 55.8 Å². The molecule has 0 radical (unpaired) electrons. The highest BCUT2D eigenvalue weighted by Gasteiger charge is 2.41. The van der Waals surface area contributed by atoms with E-state index >= 15 is 0 Å². The lowest BCUT2D eigenvalue weighted by Gasteiger charge is -2.46. The third-order valence-electron chi connectivity index (χ3n) is 5.05. The van der Waals surface area contributed by atoms with Crippen LogP contribution in [0, 0.1) is 12.8 Å². The molecule has 132 valence electrons. The van der Waals surface area contributed by atoms with Gasteiger partial charge < -0.3 is 5.73 Å². The minimum atomic E-state index is -3.50. The molecule has 0 bridgehead atoms. The first-order chi connectivity index (χ1) is 11.3. The van der Waals surface area contributed by atoms with Crippen LogP contribution in [0.1, 0.15) is 18.4 Å². The minimum Gasteiger partial charge on any atom is -0.369 e. The fraction of sp³-hybridized carbons (Fsp3) is 0.562. The number of amides is 1. The molecule has 0 aliphatic carbocycles. The Morgan fingerprint density at radius 3 is 2.46 bits per heavy atom. The molecule has 2 fully saturated rings. The zero-order valence-electron chi connectivity index (χ0n) is 13.6. The van der Waals surface area contributed by atoms with Gasteiger partial charge in [-0.05, 0) is 50.6 Å². The van der Waals surface area contributed by atoms with Crippen LogP contribution in [0.25, 0.3) is 0 Å². The number of benzene rings is 1. The number of hydrogen-bond donors (Lipinski definition) is 1. The van der Waals surface area contributed by atoms with Crippen LogP contribution in [0.5, 0.6) is 0 Å². The number of sulfonamides is 1. The molecule has 2 saturated heterocycles. The maximum Gasteiger partial charge on any atom is 0.243 e. The molecule has 0 saturated carbocycles. The van der Waals surface area contributed by atoms with Crippen molar-refractivity contribution in [1.29, 1.82) is 0 Å². The Bertz CT molecular complexity index is 739. The van der Waals surface area contributed by atoms with E-state index < -0.39 is 10.0 Å². The van der Waals surface area contributed by atoms with E-state index in [9.17, 15) is 13.2 Å². The van der Waals surface area contributed by atoms with Gasteiger partial charge in [0.25, 0.3) is 0 Å². The van der Waals surface area contributed by atoms with Gasteiger partial charge in [0.1, 0.15) is 0 Å². The van der Waals surface area contributed by atoms with Crippen molar-refractivity contribution in [2.24, 2.45) is 11.7 Å². The quantitative estimate of drug-likeness (QED) is 0.862. The van der Waals surface area contributed by atoms with Crippen LogP contribution in [0.3, 0.4) is 0 Å². The van der Waals surface area contributed by atoms with Crippen LogP contribution >= 0.6 is 11.6 Å². The number of aryl methyl sites for hydroxylation is 1. The highest BCUT2D eigenvalue weighted by atomic mass is 35.5. The predicted octanol–water partition coefficient (Wildman–Crippen LogP) is 1.22. The van der Waals surface area contributed by atoms with E-state index in [0.717, 1.165) is 25.9 Å². The van der Waals surface area contributed by atoms with E-state index in [1.807, 2.05) is 0 Å². The molecule has 2 aliphatic rings. The highest BCUT2D eigenvalue weighted by Crippen LogP contribution is 2.30. The summed E-state index contributed by atoms with van der Waals surface area (Å²) in [6.45, 7) is 4.32. The van der Waals surface area contributed by atoms with E-state index in [0.29, 0.717) is 23.7 Å². The maximum atomic E-state index is 12.7. The van der Waals surface area contributed by atoms with Gasteiger partial charge in [-0.3, -0.25) is 9.69 Å². The largest absolute Gasteiger partial charge is 0.369 e. The molecule has 0 spiro atoms. The summed E-state index contributed by atoms with van der Waals surface area (Å²) in [4.78, 5) is 13.8. The monoisotopic (exact) mass is 371 g/mol. The second kappa shape index (κ2) is 6.63. The summed E-state index contributed by atoms with van der Waals surface area (Å²) < 4.78 is 27.0. The van der Waals surface area contributed by atoms with Crippen molar-refractivity contribution in [3.8, 4) is 0 Å². The molecule has 2 aliphatic heterocycles. The SMILES string of the molecule is Cc1ccc(Cl)cc1S(=O)(=O)N1CC(N2CCC(C(N)=O)CC2)C1. The Morgan fingerprint density at radius 1 is 1.25 bits per heavy atom. The van der Waals surface area contributed by atoms with E-state index in [1.54, 1.807) is 19.1 Å². The van der Waals surface area contributed by atoms with Crippen molar-refractivity contribution in [3.63, 3.8) is 0 Å². The van der Waals surface area contributed by atoms with Gasteiger partial charge in [0.05, 0.1) is 4.90 Å². The van der Waals surface area contributed by atoms with Crippen molar-refractivity contribution < 1.29 is 13.2 Å². The molecule has 1 aromatic rings. The Balaban J connectivity index is 1.62. The van der Waals surface area contributed by atoms with E-state index in [2.05, 4.69) is 4.90 Å². The van der Waals surface area contributed by atoms with E-state index in [4.69, 9.17) is 17.3 Å². The number of nitrogens with zero attached hydrogens (tertiary/aromatic N) is 2. The topological polar surface area (TPSA) is 83.7 Å². The fourth-order valence-electron chi connectivity index (χ4n) is 3.38. The fourth-order valence-corrected chi connectivity index (χ4v) is 5.39. The number of likely N-dealkylation sites (tertiary alicyclic amines) is 1. The lowest BCUT2D eigenvalue weighted by Crippen LogP contribution is -2.62. The molecule has 24 heavy (non-hydrogen) atoms. The first kappa shape index (κ1) is 17.7. The minimum absolute atomic E-state index is 0.0460. The number of rotatable bonds is 4. The summed E-state index contributed by atoms with van der Waals surface area (Å²) in [6, 6.07) is 5.14. The van der Waals surface area contributed by atoms with Crippen molar-refractivity contribution in [2.75, 3.05) is 26.2 Å². The third kappa shape index (κ3) is 3.31. The molecule has 2 heterocycles. The standard InChI is InChI=1S/C16H22ClN3O3S/c1-11-2-3-13(17)8-15(11)24(22,23)20-9-14(10-20)19-6-4-12(5-7-19)16(18)21/h2-3,8,12,14H,4-7,9-10H2,1H3,(H2,18,21). The Hall–Kier alpha value is -1.15. The van der Waals surface area contributed by atoms with Crippen molar-refractivity contribution in [2.45, 2.75) is 30.7 Å². The zero-order valence-corrected chi connectivity index (χ0v) is 15.2. The summed E-state index contributed by atoms with van der Waals surface area (Å²) in [5.74, 6) is -0.279. The number of carbonyl (C=O) groups is 1. The lowest BCUT2D eigenvalue weighted by atomic mass is 9.94. The summed E-state index contributed by atoms with van der Waals surface area (Å²) in [5.41, 5.74) is 6.05. The van der Waals surface area contributed by atoms with Crippen molar-refractivity contribution in [3.05, 3.63) is 28.8 Å². The second-order valence-corrected chi connectivity index (χ2v) is 8.94. The summed E-state index contributed by atoms with van der Waals surface area (Å²) in [5, 5.41) is 0.421. The van der Waals surface area contributed by atoms with Gasteiger partial charge in [-0.1, -0.05) is 17.7 Å². The highest BCUT2D eigenvalue weighted by molar-refractivity contribution is 7.89. The zero-order chi connectivity index (χ0) is 17.5. The predicted molar refractivity (Wildman–Crippen MR) is 92.2 cm³/mol. The number of piperidine rings is 1. The first-order valence-electron chi connectivity index (χ1n) is 8.08. The van der Waals surface area contributed by atoms with Crippen molar-refractivity contribution in [1.82, 2.24) is 9.21 Å². The molecule has 6 nitrogen and oxygen atoms in total. The Morgan fingerprint density at radius 2 is 1.88 bits per heavy atom. The molecular weight excluding hydrogens is 350 g/mol. The second-order valence-electron chi connectivity index (χ2n) is 6.60. The van der Waals surface area contributed by atoms with Crippen LogP contribution in [0.15, 0.2) is 23.1 Å². The van der Waals surface area contributed by atoms with Gasteiger partial charge in [0.15, 0.2) is 0 Å². The van der Waals surface area contributed by atoms with Gasteiger partial charge in [0, 0.05) is 30.1 Å². The number of carbonyl (C=O) groups excluding carboxylic acids is 1. The molecule has 8 heteroatoms. The maximum absolute atomic E-state index is 12.7. The van der Waals surface area contributed by atoms with Crippen LogP contribution in [0.4, 0.5) is 0 Å². The normalized spacial score (nSPS) is 21.6. The summed E-state index contributed by atoms with van der Waals surface area (Å²) >= 11 is 5.95. The smallest absolute Gasteiger partial charge is 0.243 e. The van der Waals surface area contributed by atoms with Gasteiger partial charge in [-0.15, -0.1) is 0 Å². The van der Waals surface area contributed by atoms with Crippen LogP contribution in [0.2, 0.25) is 5.02 Å². The Kier molecular flexibility index (Phi) is 4.88. The average molecular weight is 372 g/mol. The molecule has 0 atom stereocenters. The van der Waals surface area contributed by atoms with Crippen LogP contribution < -0.4 is 5.73 Å². The first-order valence-corrected chi connectivity index (χ1v) is 9.90. The number of primary amides is 1. The number of hydrogen-bond acceptors (Lipinski definition) is 4. The molecular formula is C16H22ClN3O3S. The van der Waals surface area contributed by atoms with Crippen LogP contribution in [-0.2, 0) is 14.8 Å². The van der Waals surface area contributed by atoms with Gasteiger partial charge >= 0.3 is 0 Å². The Labute approximate surface area is 147 Å². The summed E-state index contributed by atoms with van der Waals surface area (Å²) in [6.07, 6.45) is 1.51. The number of nitrogens with two attached hydrogens (primary N) is 1. The van der Waals surface area contributed by atoms with Gasteiger partial charge in [0.2, 0.25) is 15.9 Å². The van der Waals surface area contributed by atoms with Crippen molar-refractivity contribution >= 4 is 27.5 Å². The van der Waals surface area contributed by atoms with E-state index in [1.165, 1.54) is 10.4 Å². The molecule has 2 N–H and O–H groups in total. The molecule has 0 aromatic heterocycles. The van der Waals surface area contributed by atoms with E-state index in [-0.39, 0.29) is 22.8 Å². The van der Waals surface area contributed by atoms with Gasteiger partial charge in [-0.25, -0.2) is 8.42 Å². The average Bonchev–Trinajstić information content (AvgIpc) is 2.48. The molecule has 1 amide bonds. The molecule has 0 unspecified atom stereocenters. The summed E-state index contributed by atoms with van der Waals surface area (Å²) in [7, 11) is -3.50. The molecule has 1 aromatic carbocycles. The molecule has 3 rings (SSSR count). The third-order valence-corrected chi connectivity index (χ3v) is 7.25. The lowest BCUT2D eigenvalue weighted by molar-refractivity contribution is -0.123.